The fourth-order valence-electron chi connectivity index (χ4n) is 4.49. The van der Waals surface area contributed by atoms with Crippen molar-refractivity contribution in [3.05, 3.63) is 41.5 Å². The number of nitrogens with two attached hydrogens (primary N) is 1. The number of hydrogen-bond donors (Lipinski definition) is 1. The molecule has 5 nitrogen and oxygen atoms in total. The van der Waals surface area contributed by atoms with E-state index < -0.39 is 0 Å². The topological polar surface area (TPSA) is 74.2 Å². The summed E-state index contributed by atoms with van der Waals surface area (Å²) in [6.07, 6.45) is 6.29. The van der Waals surface area contributed by atoms with Gasteiger partial charge >= 0.3 is 0 Å². The first-order valence-electron chi connectivity index (χ1n) is 8.57. The molecule has 6 heteroatoms. The van der Waals surface area contributed by atoms with E-state index in [-0.39, 0.29) is 23.4 Å². The number of hydrogen-bond acceptors (Lipinski definition) is 5. The van der Waals surface area contributed by atoms with Gasteiger partial charge in [-0.05, 0) is 31.7 Å². The predicted molar refractivity (Wildman–Crippen MR) is 91.5 cm³/mol. The lowest BCUT2D eigenvalue weighted by molar-refractivity contribution is 0.253. The van der Waals surface area contributed by atoms with Gasteiger partial charge in [0.2, 0.25) is 5.89 Å². The van der Waals surface area contributed by atoms with E-state index in [1.54, 1.807) is 0 Å². The highest BCUT2D eigenvalue weighted by molar-refractivity contribution is 5.85. The molecule has 0 radical (unpaired) electrons. The Balaban J connectivity index is 0.00000146. The molecule has 24 heavy (non-hydrogen) atoms. The fourth-order valence-corrected chi connectivity index (χ4v) is 4.49. The predicted octanol–water partition coefficient (Wildman–Crippen LogP) is 3.43. The summed E-state index contributed by atoms with van der Waals surface area (Å²) in [6, 6.07) is 8.33. The summed E-state index contributed by atoms with van der Waals surface area (Å²) >= 11 is 0. The molecule has 0 saturated heterocycles. The van der Waals surface area contributed by atoms with Gasteiger partial charge in [-0.3, -0.25) is 0 Å². The number of fused-ring (bicyclic) bond motifs is 2. The van der Waals surface area contributed by atoms with Gasteiger partial charge in [0.1, 0.15) is 5.75 Å². The minimum Gasteiger partial charge on any atom is -0.493 e. The lowest BCUT2D eigenvalue weighted by Crippen LogP contribution is -2.34. The number of ether oxygens (including phenoxy) is 1. The first kappa shape index (κ1) is 15.9. The Kier molecular flexibility index (Phi) is 3.62. The van der Waals surface area contributed by atoms with Crippen molar-refractivity contribution in [1.82, 2.24) is 10.1 Å². The average Bonchev–Trinajstić information content (AvgIpc) is 2.95. The van der Waals surface area contributed by atoms with Gasteiger partial charge in [0, 0.05) is 16.9 Å². The van der Waals surface area contributed by atoms with Crippen molar-refractivity contribution >= 4 is 12.4 Å². The van der Waals surface area contributed by atoms with Crippen molar-refractivity contribution in [1.29, 1.82) is 0 Å². The van der Waals surface area contributed by atoms with E-state index in [2.05, 4.69) is 23.4 Å². The van der Waals surface area contributed by atoms with Crippen LogP contribution in [0.1, 0.15) is 61.7 Å². The maximum Gasteiger partial charge on any atom is 0.230 e. The Morgan fingerprint density at radius 3 is 2.75 bits per heavy atom. The van der Waals surface area contributed by atoms with Crippen molar-refractivity contribution in [2.75, 3.05) is 6.61 Å². The maximum absolute atomic E-state index is 6.46. The van der Waals surface area contributed by atoms with Crippen LogP contribution in [0.4, 0.5) is 0 Å². The number of rotatable bonds is 2. The first-order chi connectivity index (χ1) is 11.2. The van der Waals surface area contributed by atoms with Crippen LogP contribution in [0.5, 0.6) is 5.75 Å². The number of halogens is 1. The Bertz CT molecular complexity index is 756. The van der Waals surface area contributed by atoms with Crippen LogP contribution in [0.3, 0.4) is 0 Å². The third-order valence-electron chi connectivity index (χ3n) is 5.99. The molecule has 2 aromatic rings. The Morgan fingerprint density at radius 2 is 1.92 bits per heavy atom. The van der Waals surface area contributed by atoms with Crippen LogP contribution in [0, 0.1) is 0 Å². The summed E-state index contributed by atoms with van der Waals surface area (Å²) in [6.45, 7) is 0.759. The van der Waals surface area contributed by atoms with E-state index in [1.807, 2.05) is 6.07 Å². The number of para-hydroxylation sites is 1. The summed E-state index contributed by atoms with van der Waals surface area (Å²) in [5, 5.41) is 4.22. The van der Waals surface area contributed by atoms with Crippen LogP contribution in [0.2, 0.25) is 0 Å². The molecule has 1 spiro atoms. The molecule has 2 unspecified atom stereocenters. The van der Waals surface area contributed by atoms with Gasteiger partial charge in [-0.2, -0.15) is 4.98 Å². The van der Waals surface area contributed by atoms with Gasteiger partial charge in [0.25, 0.3) is 0 Å². The summed E-state index contributed by atoms with van der Waals surface area (Å²) in [4.78, 5) is 4.70. The molecule has 5 rings (SSSR count). The van der Waals surface area contributed by atoms with Crippen molar-refractivity contribution in [2.24, 2.45) is 5.73 Å². The second-order valence-corrected chi connectivity index (χ2v) is 7.33. The minimum atomic E-state index is -0.378. The van der Waals surface area contributed by atoms with Crippen molar-refractivity contribution in [2.45, 2.75) is 55.4 Å². The van der Waals surface area contributed by atoms with E-state index in [0.717, 1.165) is 56.8 Å². The lowest BCUT2D eigenvalue weighted by Gasteiger charge is -2.26. The first-order valence-corrected chi connectivity index (χ1v) is 8.57. The van der Waals surface area contributed by atoms with Crippen LogP contribution in [0.25, 0.3) is 0 Å². The van der Waals surface area contributed by atoms with Gasteiger partial charge in [-0.1, -0.05) is 36.2 Å². The second kappa shape index (κ2) is 5.46. The summed E-state index contributed by atoms with van der Waals surface area (Å²) in [7, 11) is 0. The van der Waals surface area contributed by atoms with Gasteiger partial charge in [0.05, 0.1) is 12.1 Å². The SMILES string of the molecule is Cl.NC1(c2noc(C3CC34CCOc3ccccc34)n2)CCCC1. The normalized spacial score (nSPS) is 29.6. The van der Waals surface area contributed by atoms with Crippen LogP contribution in [-0.2, 0) is 11.0 Å². The summed E-state index contributed by atoms with van der Waals surface area (Å²) in [5.74, 6) is 2.77. The second-order valence-electron chi connectivity index (χ2n) is 7.33. The van der Waals surface area contributed by atoms with E-state index in [4.69, 9.17) is 20.0 Å². The smallest absolute Gasteiger partial charge is 0.230 e. The molecule has 3 aliphatic rings. The molecule has 128 valence electrons. The Labute approximate surface area is 147 Å². The molecular formula is C18H22ClN3O2. The number of aromatic nitrogens is 2. The van der Waals surface area contributed by atoms with Gasteiger partial charge < -0.3 is 15.0 Å². The van der Waals surface area contributed by atoms with E-state index in [1.165, 1.54) is 5.56 Å². The summed E-state index contributed by atoms with van der Waals surface area (Å²) in [5.41, 5.74) is 7.49. The largest absolute Gasteiger partial charge is 0.493 e. The molecule has 2 fully saturated rings. The zero-order valence-corrected chi connectivity index (χ0v) is 14.3. The molecule has 0 amide bonds. The average molecular weight is 348 g/mol. The van der Waals surface area contributed by atoms with Gasteiger partial charge in [-0.15, -0.1) is 12.4 Å². The Morgan fingerprint density at radius 1 is 1.12 bits per heavy atom. The molecule has 1 aromatic carbocycles. The molecule has 2 heterocycles. The van der Waals surface area contributed by atoms with Crippen LogP contribution >= 0.6 is 12.4 Å². The van der Waals surface area contributed by atoms with Crippen LogP contribution in [0.15, 0.2) is 28.8 Å². The fraction of sp³-hybridized carbons (Fsp3) is 0.556. The standard InChI is InChI=1S/C18H21N3O2.ClH/c19-18(7-3-4-8-18)16-20-15(23-21-16)13-11-17(13)9-10-22-14-6-2-1-5-12(14)17;/h1-2,5-6,13H,3-4,7-11,19H2;1H. The van der Waals surface area contributed by atoms with Crippen molar-refractivity contribution in [3.8, 4) is 5.75 Å². The molecular weight excluding hydrogens is 326 g/mol. The number of nitrogens with zero attached hydrogens (tertiary/aromatic N) is 2. The van der Waals surface area contributed by atoms with E-state index >= 15 is 0 Å². The molecule has 2 aliphatic carbocycles. The third kappa shape index (κ3) is 2.18. The lowest BCUT2D eigenvalue weighted by atomic mass is 9.87. The Hall–Kier alpha value is -1.59. The molecule has 0 bridgehead atoms. The quantitative estimate of drug-likeness (QED) is 0.900. The monoisotopic (exact) mass is 347 g/mol. The van der Waals surface area contributed by atoms with E-state index in [0.29, 0.717) is 11.7 Å². The third-order valence-corrected chi connectivity index (χ3v) is 5.99. The molecule has 1 aromatic heterocycles. The minimum absolute atomic E-state index is 0. The van der Waals surface area contributed by atoms with E-state index in [9.17, 15) is 0 Å². The molecule has 1 aliphatic heterocycles. The van der Waals surface area contributed by atoms with Crippen LogP contribution < -0.4 is 10.5 Å². The molecule has 2 atom stereocenters. The number of benzene rings is 1. The highest BCUT2D eigenvalue weighted by atomic mass is 35.5. The molecule has 2 N–H and O–H groups in total. The van der Waals surface area contributed by atoms with Gasteiger partial charge in [0.15, 0.2) is 5.82 Å². The summed E-state index contributed by atoms with van der Waals surface area (Å²) < 4.78 is 11.4. The van der Waals surface area contributed by atoms with Crippen molar-refractivity contribution in [3.63, 3.8) is 0 Å². The highest BCUT2D eigenvalue weighted by Gasteiger charge is 2.61. The molecule has 2 saturated carbocycles. The zero-order valence-electron chi connectivity index (χ0n) is 13.5. The van der Waals surface area contributed by atoms with Crippen molar-refractivity contribution < 1.29 is 9.26 Å². The highest BCUT2D eigenvalue weighted by Crippen LogP contribution is 2.65. The zero-order chi connectivity index (χ0) is 15.5. The van der Waals surface area contributed by atoms with Gasteiger partial charge in [-0.25, -0.2) is 0 Å². The maximum atomic E-state index is 6.46. The van der Waals surface area contributed by atoms with Crippen LogP contribution in [-0.4, -0.2) is 16.7 Å².